The van der Waals surface area contributed by atoms with Gasteiger partial charge in [0, 0.05) is 16.9 Å². The van der Waals surface area contributed by atoms with Gasteiger partial charge in [0.2, 0.25) is 0 Å². The molecule has 0 saturated carbocycles. The quantitative estimate of drug-likeness (QED) is 0.424. The van der Waals surface area contributed by atoms with Crippen LogP contribution < -0.4 is 5.73 Å². The van der Waals surface area contributed by atoms with E-state index in [0.29, 0.717) is 6.61 Å². The molecule has 0 aromatic carbocycles. The first-order chi connectivity index (χ1) is 8.02. The minimum absolute atomic E-state index is 0.173. The van der Waals surface area contributed by atoms with Crippen LogP contribution in [-0.2, 0) is 11.3 Å². The molecule has 0 radical (unpaired) electrons. The number of unbranched alkanes of at least 4 members (excludes halogenated alkanes) is 1. The molecule has 0 aliphatic rings. The lowest BCUT2D eigenvalue weighted by Gasteiger charge is -2.22. The van der Waals surface area contributed by atoms with Gasteiger partial charge in [-0.25, -0.2) is 0 Å². The van der Waals surface area contributed by atoms with Crippen LogP contribution in [0.2, 0.25) is 0 Å². The van der Waals surface area contributed by atoms with E-state index in [2.05, 4.69) is 11.4 Å². The van der Waals surface area contributed by atoms with Crippen molar-refractivity contribution in [3.05, 3.63) is 22.4 Å². The zero-order valence-electron chi connectivity index (χ0n) is 10.7. The average molecular weight is 254 g/mol. The Labute approximate surface area is 107 Å². The topological polar surface area (TPSA) is 59.1 Å². The highest BCUT2D eigenvalue weighted by molar-refractivity contribution is 7.09. The molecule has 0 fully saturated rings. The van der Waals surface area contributed by atoms with Gasteiger partial charge in [0.25, 0.3) is 0 Å². The Kier molecular flexibility index (Phi) is 5.65. The Bertz CT molecular complexity index is 333. The molecule has 1 aromatic heterocycles. The monoisotopic (exact) mass is 254 g/mol. The summed E-state index contributed by atoms with van der Waals surface area (Å²) in [6, 6.07) is 4.13. The van der Waals surface area contributed by atoms with E-state index >= 15 is 0 Å². The largest absolute Gasteiger partial charge is 0.387 e. The van der Waals surface area contributed by atoms with Crippen LogP contribution in [0.5, 0.6) is 0 Å². The lowest BCUT2D eigenvalue weighted by molar-refractivity contribution is 0.117. The molecule has 1 aromatic rings. The molecule has 0 aliphatic heterocycles. The summed E-state index contributed by atoms with van der Waals surface area (Å²) in [6.07, 6.45) is 3.03. The van der Waals surface area contributed by atoms with Gasteiger partial charge in [0.05, 0.1) is 12.4 Å². The first-order valence-corrected chi connectivity index (χ1v) is 6.85. The molecule has 0 saturated heterocycles. The molecule has 4 heteroatoms. The Morgan fingerprint density at radius 3 is 2.82 bits per heavy atom. The number of hydrogen-bond acceptors (Lipinski definition) is 3. The number of ether oxygens (including phenoxy) is 1. The second-order valence-corrected chi connectivity index (χ2v) is 5.92. The van der Waals surface area contributed by atoms with Crippen molar-refractivity contribution in [1.29, 1.82) is 5.41 Å². The highest BCUT2D eigenvalue weighted by Gasteiger charge is 2.20. The number of rotatable bonds is 8. The highest BCUT2D eigenvalue weighted by Crippen LogP contribution is 2.22. The fourth-order valence-electron chi connectivity index (χ4n) is 1.47. The van der Waals surface area contributed by atoms with Crippen molar-refractivity contribution in [3.63, 3.8) is 0 Å². The van der Waals surface area contributed by atoms with Gasteiger partial charge in [0.15, 0.2) is 0 Å². The van der Waals surface area contributed by atoms with Crippen LogP contribution >= 0.6 is 11.3 Å². The van der Waals surface area contributed by atoms with E-state index in [9.17, 15) is 0 Å². The van der Waals surface area contributed by atoms with E-state index in [1.807, 2.05) is 19.9 Å². The smallest absolute Gasteiger partial charge is 0.0963 e. The van der Waals surface area contributed by atoms with Crippen molar-refractivity contribution in [3.8, 4) is 0 Å². The Balaban J connectivity index is 2.03. The maximum atomic E-state index is 7.46. The van der Waals surface area contributed by atoms with Crippen molar-refractivity contribution in [2.45, 2.75) is 39.7 Å². The molecule has 0 atom stereocenters. The molecule has 1 heterocycles. The van der Waals surface area contributed by atoms with Crippen LogP contribution in [0.15, 0.2) is 17.5 Å². The lowest BCUT2D eigenvalue weighted by Crippen LogP contribution is -2.30. The minimum atomic E-state index is -0.173. The van der Waals surface area contributed by atoms with Gasteiger partial charge in [-0.15, -0.1) is 11.3 Å². The normalized spacial score (nSPS) is 11.6. The van der Waals surface area contributed by atoms with E-state index in [1.54, 1.807) is 11.3 Å². The summed E-state index contributed by atoms with van der Waals surface area (Å²) in [6.45, 7) is 5.53. The van der Waals surface area contributed by atoms with Crippen LogP contribution in [0.4, 0.5) is 0 Å². The minimum Gasteiger partial charge on any atom is -0.387 e. The Hall–Kier alpha value is -0.870. The van der Waals surface area contributed by atoms with Crippen LogP contribution in [-0.4, -0.2) is 12.4 Å². The van der Waals surface area contributed by atoms with E-state index in [-0.39, 0.29) is 11.3 Å². The maximum absolute atomic E-state index is 7.46. The zero-order valence-corrected chi connectivity index (χ0v) is 11.5. The first kappa shape index (κ1) is 14.2. The van der Waals surface area contributed by atoms with Crippen molar-refractivity contribution in [1.82, 2.24) is 0 Å². The summed E-state index contributed by atoms with van der Waals surface area (Å²) < 4.78 is 5.58. The van der Waals surface area contributed by atoms with E-state index in [4.69, 9.17) is 15.9 Å². The van der Waals surface area contributed by atoms with Gasteiger partial charge in [0.1, 0.15) is 0 Å². The average Bonchev–Trinajstić information content (AvgIpc) is 2.75. The summed E-state index contributed by atoms with van der Waals surface area (Å²) >= 11 is 1.73. The van der Waals surface area contributed by atoms with Crippen molar-refractivity contribution < 1.29 is 4.74 Å². The van der Waals surface area contributed by atoms with Crippen molar-refractivity contribution in [2.75, 3.05) is 6.61 Å². The standard InChI is InChI=1S/C13H22N2OS/c1-13(2,12(14)15)7-3-4-8-16-10-11-6-5-9-17-11/h5-6,9H,3-4,7-8,10H2,1-2H3,(H3,14,15). The molecule has 96 valence electrons. The third-order valence-corrected chi connectivity index (χ3v) is 3.74. The van der Waals surface area contributed by atoms with Gasteiger partial charge < -0.3 is 10.5 Å². The van der Waals surface area contributed by atoms with E-state index in [0.717, 1.165) is 25.9 Å². The molecule has 0 bridgehead atoms. The summed E-state index contributed by atoms with van der Waals surface area (Å²) in [5.41, 5.74) is 5.36. The second kappa shape index (κ2) is 6.77. The fraction of sp³-hybridized carbons (Fsp3) is 0.615. The molecular weight excluding hydrogens is 232 g/mol. The predicted octanol–water partition coefficient (Wildman–Crippen LogP) is 3.40. The lowest BCUT2D eigenvalue weighted by atomic mass is 9.86. The van der Waals surface area contributed by atoms with Gasteiger partial charge in [-0.3, -0.25) is 5.41 Å². The van der Waals surface area contributed by atoms with Gasteiger partial charge in [-0.05, 0) is 24.3 Å². The van der Waals surface area contributed by atoms with E-state index in [1.165, 1.54) is 4.88 Å². The summed E-state index contributed by atoms with van der Waals surface area (Å²) in [5.74, 6) is 0.275. The maximum Gasteiger partial charge on any atom is 0.0963 e. The molecule has 1 rings (SSSR count). The third kappa shape index (κ3) is 5.33. The number of nitrogens with two attached hydrogens (primary N) is 1. The van der Waals surface area contributed by atoms with Crippen LogP contribution in [0, 0.1) is 10.8 Å². The summed E-state index contributed by atoms with van der Waals surface area (Å²) in [4.78, 5) is 1.27. The predicted molar refractivity (Wildman–Crippen MR) is 73.5 cm³/mol. The number of hydrogen-bond donors (Lipinski definition) is 2. The molecule has 0 aliphatic carbocycles. The molecule has 0 amide bonds. The number of amidine groups is 1. The Morgan fingerprint density at radius 1 is 1.47 bits per heavy atom. The van der Waals surface area contributed by atoms with Gasteiger partial charge in [-0.1, -0.05) is 26.3 Å². The van der Waals surface area contributed by atoms with E-state index < -0.39 is 0 Å². The Morgan fingerprint density at radius 2 is 2.24 bits per heavy atom. The summed E-state index contributed by atoms with van der Waals surface area (Å²) in [5, 5.41) is 9.52. The van der Waals surface area contributed by atoms with Crippen LogP contribution in [0.3, 0.4) is 0 Å². The van der Waals surface area contributed by atoms with Crippen LogP contribution in [0.25, 0.3) is 0 Å². The third-order valence-electron chi connectivity index (χ3n) is 2.89. The molecule has 17 heavy (non-hydrogen) atoms. The summed E-state index contributed by atoms with van der Waals surface area (Å²) in [7, 11) is 0. The first-order valence-electron chi connectivity index (χ1n) is 5.97. The number of thiophene rings is 1. The van der Waals surface area contributed by atoms with Crippen LogP contribution in [0.1, 0.15) is 38.0 Å². The molecule has 0 spiro atoms. The molecule has 0 unspecified atom stereocenters. The highest BCUT2D eigenvalue weighted by atomic mass is 32.1. The molecule has 3 N–H and O–H groups in total. The van der Waals surface area contributed by atoms with Gasteiger partial charge in [-0.2, -0.15) is 0 Å². The SMILES string of the molecule is CC(C)(CCCCOCc1cccs1)C(=N)N. The second-order valence-electron chi connectivity index (χ2n) is 4.89. The fourth-order valence-corrected chi connectivity index (χ4v) is 2.11. The van der Waals surface area contributed by atoms with Crippen molar-refractivity contribution >= 4 is 17.2 Å². The van der Waals surface area contributed by atoms with Gasteiger partial charge >= 0.3 is 0 Å². The number of nitrogens with one attached hydrogen (secondary N) is 1. The molecule has 3 nitrogen and oxygen atoms in total. The molecular formula is C13H22N2OS. The van der Waals surface area contributed by atoms with Crippen molar-refractivity contribution in [2.24, 2.45) is 11.1 Å². The zero-order chi connectivity index (χ0) is 12.7.